The maximum atomic E-state index is 11.8. The van der Waals surface area contributed by atoms with E-state index in [-0.39, 0.29) is 5.75 Å². The molecule has 0 atom stereocenters. The number of halogens is 2. The quantitative estimate of drug-likeness (QED) is 0.500. The summed E-state index contributed by atoms with van der Waals surface area (Å²) in [6.45, 7) is -2.83. The van der Waals surface area contributed by atoms with Crippen molar-refractivity contribution in [2.45, 2.75) is 6.61 Å². The largest absolute Gasteiger partial charge is 0.435 e. The van der Waals surface area contributed by atoms with Crippen molar-refractivity contribution in [1.29, 1.82) is 0 Å². The zero-order valence-electron chi connectivity index (χ0n) is 6.96. The van der Waals surface area contributed by atoms with Gasteiger partial charge in [-0.15, -0.1) is 0 Å². The first-order chi connectivity index (χ1) is 6.13. The highest BCUT2D eigenvalue weighted by atomic mass is 19.3. The first-order valence-electron chi connectivity index (χ1n) is 3.64. The Morgan fingerprint density at radius 2 is 2.15 bits per heavy atom. The van der Waals surface area contributed by atoms with Crippen LogP contribution in [0.15, 0.2) is 18.2 Å². The minimum atomic E-state index is -2.83. The van der Waals surface area contributed by atoms with Crippen LogP contribution in [0.5, 0.6) is 5.75 Å². The molecule has 0 aliphatic rings. The van der Waals surface area contributed by atoms with Gasteiger partial charge in [-0.05, 0) is 17.6 Å². The van der Waals surface area contributed by atoms with Gasteiger partial charge in [0, 0.05) is 5.56 Å². The Bertz CT molecular complexity index is 315. The van der Waals surface area contributed by atoms with E-state index in [2.05, 4.69) is 4.74 Å². The van der Waals surface area contributed by atoms with Crippen molar-refractivity contribution in [2.24, 2.45) is 0 Å². The molecule has 0 saturated heterocycles. The van der Waals surface area contributed by atoms with E-state index in [4.69, 9.17) is 0 Å². The van der Waals surface area contributed by atoms with Crippen LogP contribution >= 0.6 is 0 Å². The zero-order chi connectivity index (χ0) is 9.84. The molecule has 5 heteroatoms. The molecule has 1 rings (SSSR count). The maximum Gasteiger partial charge on any atom is 0.387 e. The van der Waals surface area contributed by atoms with E-state index in [1.54, 1.807) is 7.85 Å². The summed E-state index contributed by atoms with van der Waals surface area (Å²) in [6, 6.07) is 4.27. The molecule has 0 saturated carbocycles. The minimum Gasteiger partial charge on any atom is -0.435 e. The van der Waals surface area contributed by atoms with Crippen LogP contribution in [0.1, 0.15) is 10.4 Å². The molecule has 0 fully saturated rings. The molecule has 1 aromatic carbocycles. The van der Waals surface area contributed by atoms with Gasteiger partial charge in [-0.25, -0.2) is 0 Å². The van der Waals surface area contributed by atoms with Crippen molar-refractivity contribution in [2.75, 3.05) is 0 Å². The summed E-state index contributed by atoms with van der Waals surface area (Å²) in [7, 11) is 1.60. The van der Waals surface area contributed by atoms with Gasteiger partial charge in [0.25, 0.3) is 0 Å². The molecule has 0 N–H and O–H groups in total. The lowest BCUT2D eigenvalue weighted by Gasteiger charge is -2.07. The predicted molar refractivity (Wildman–Crippen MR) is 46.6 cm³/mol. The Kier molecular flexibility index (Phi) is 3.00. The van der Waals surface area contributed by atoms with Crippen LogP contribution in [0.25, 0.3) is 0 Å². The number of ether oxygens (including phenoxy) is 1. The van der Waals surface area contributed by atoms with Crippen LogP contribution in [0, 0.1) is 0 Å². The Hall–Kier alpha value is -1.39. The Balaban J connectivity index is 2.91. The van der Waals surface area contributed by atoms with Crippen LogP contribution < -0.4 is 10.2 Å². The second-order valence-electron chi connectivity index (χ2n) is 2.52. The van der Waals surface area contributed by atoms with E-state index in [1.807, 2.05) is 0 Å². The van der Waals surface area contributed by atoms with Crippen LogP contribution in [0.4, 0.5) is 8.78 Å². The van der Waals surface area contributed by atoms with E-state index in [1.165, 1.54) is 18.2 Å². The van der Waals surface area contributed by atoms with Gasteiger partial charge in [-0.3, -0.25) is 4.79 Å². The lowest BCUT2D eigenvalue weighted by atomic mass is 9.93. The fraction of sp³-hybridized carbons (Fsp3) is 0.125. The van der Waals surface area contributed by atoms with Crippen molar-refractivity contribution in [3.05, 3.63) is 23.8 Å². The second kappa shape index (κ2) is 4.02. The van der Waals surface area contributed by atoms with Gasteiger partial charge in [-0.1, -0.05) is 6.07 Å². The first-order valence-corrected chi connectivity index (χ1v) is 3.64. The second-order valence-corrected chi connectivity index (χ2v) is 2.52. The fourth-order valence-electron chi connectivity index (χ4n) is 0.974. The molecule has 68 valence electrons. The average Bonchev–Trinajstić information content (AvgIpc) is 2.08. The minimum absolute atomic E-state index is 0.0978. The molecule has 0 bridgehead atoms. The summed E-state index contributed by atoms with van der Waals surface area (Å²) in [4.78, 5) is 10.3. The number of carbonyl (C=O) groups is 1. The molecule has 0 aliphatic heterocycles. The normalized spacial score (nSPS) is 10.1. The molecular formula is C8H7BF2O2. The lowest BCUT2D eigenvalue weighted by Crippen LogP contribution is -2.13. The van der Waals surface area contributed by atoms with Crippen LogP contribution in [0.3, 0.4) is 0 Å². The Morgan fingerprint density at radius 1 is 1.46 bits per heavy atom. The molecule has 0 heterocycles. The predicted octanol–water partition coefficient (Wildman–Crippen LogP) is 0.359. The Labute approximate surface area is 74.9 Å². The zero-order valence-corrected chi connectivity index (χ0v) is 6.96. The third kappa shape index (κ3) is 2.54. The van der Waals surface area contributed by atoms with Gasteiger partial charge in [0.1, 0.15) is 19.9 Å². The Morgan fingerprint density at radius 3 is 2.62 bits per heavy atom. The number of benzene rings is 1. The number of hydrogen-bond donors (Lipinski definition) is 0. The van der Waals surface area contributed by atoms with Crippen LogP contribution in [-0.4, -0.2) is 20.7 Å². The highest BCUT2D eigenvalue weighted by Crippen LogP contribution is 2.10. The van der Waals surface area contributed by atoms with E-state index < -0.39 is 6.61 Å². The van der Waals surface area contributed by atoms with E-state index >= 15 is 0 Å². The summed E-state index contributed by atoms with van der Waals surface area (Å²) in [5.74, 6) is 0.0978. The molecule has 2 nitrogen and oxygen atoms in total. The standard InChI is InChI=1S/C8H7BF2O2/c9-6-3-5(4-12)1-2-7(6)13-8(10)11/h1-4,8H,9H2. The van der Waals surface area contributed by atoms with Gasteiger partial charge in [-0.2, -0.15) is 8.78 Å². The van der Waals surface area contributed by atoms with E-state index in [0.29, 0.717) is 17.3 Å². The van der Waals surface area contributed by atoms with Crippen molar-refractivity contribution < 1.29 is 18.3 Å². The van der Waals surface area contributed by atoms with Gasteiger partial charge in [0.05, 0.1) is 0 Å². The summed E-state index contributed by atoms with van der Waals surface area (Å²) in [5, 5.41) is 0. The smallest absolute Gasteiger partial charge is 0.387 e. The monoisotopic (exact) mass is 184 g/mol. The molecule has 13 heavy (non-hydrogen) atoms. The number of hydrogen-bond acceptors (Lipinski definition) is 2. The van der Waals surface area contributed by atoms with E-state index in [9.17, 15) is 13.6 Å². The molecule has 0 aromatic heterocycles. The highest BCUT2D eigenvalue weighted by Gasteiger charge is 2.06. The van der Waals surface area contributed by atoms with Gasteiger partial charge in [0.2, 0.25) is 0 Å². The maximum absolute atomic E-state index is 11.8. The molecular weight excluding hydrogens is 177 g/mol. The van der Waals surface area contributed by atoms with Crippen molar-refractivity contribution in [3.8, 4) is 5.75 Å². The van der Waals surface area contributed by atoms with E-state index in [0.717, 1.165) is 0 Å². The SMILES string of the molecule is Bc1cc(C=O)ccc1OC(F)F. The number of aldehydes is 1. The van der Waals surface area contributed by atoms with Gasteiger partial charge < -0.3 is 4.74 Å². The van der Waals surface area contributed by atoms with Crippen LogP contribution in [0.2, 0.25) is 0 Å². The highest BCUT2D eigenvalue weighted by molar-refractivity contribution is 6.34. The molecule has 0 aliphatic carbocycles. The number of alkyl halides is 2. The number of rotatable bonds is 3. The fourth-order valence-corrected chi connectivity index (χ4v) is 0.974. The summed E-state index contributed by atoms with van der Waals surface area (Å²) in [5.41, 5.74) is 0.962. The lowest BCUT2D eigenvalue weighted by molar-refractivity contribution is -0.0491. The van der Waals surface area contributed by atoms with Crippen molar-refractivity contribution in [3.63, 3.8) is 0 Å². The third-order valence-electron chi connectivity index (χ3n) is 1.55. The molecule has 0 radical (unpaired) electrons. The van der Waals surface area contributed by atoms with Crippen LogP contribution in [-0.2, 0) is 0 Å². The average molecular weight is 184 g/mol. The number of carbonyl (C=O) groups excluding carboxylic acids is 1. The molecule has 1 aromatic rings. The molecule has 0 spiro atoms. The van der Waals surface area contributed by atoms with Gasteiger partial charge >= 0.3 is 6.61 Å². The summed E-state index contributed by atoms with van der Waals surface area (Å²) in [6.07, 6.45) is 0.652. The topological polar surface area (TPSA) is 26.3 Å². The molecule has 0 amide bonds. The first kappa shape index (κ1) is 9.70. The van der Waals surface area contributed by atoms with Crippen molar-refractivity contribution >= 4 is 19.6 Å². The summed E-state index contributed by atoms with van der Waals surface area (Å²) >= 11 is 0. The molecule has 0 unspecified atom stereocenters. The summed E-state index contributed by atoms with van der Waals surface area (Å²) < 4.78 is 27.8. The van der Waals surface area contributed by atoms with Gasteiger partial charge in [0.15, 0.2) is 0 Å². The third-order valence-corrected chi connectivity index (χ3v) is 1.55. The van der Waals surface area contributed by atoms with Crippen molar-refractivity contribution in [1.82, 2.24) is 0 Å².